The molecular weight excluding hydrogens is 132 g/mol. The Kier molecular flexibility index (Phi) is 3.87. The molecule has 0 radical (unpaired) electrons. The Balaban J connectivity index is 3.84. The number of carbonyl (C=O) groups is 2. The largest absolute Gasteiger partial charge is 0.448 e. The number of esters is 1. The van der Waals surface area contributed by atoms with Gasteiger partial charge in [0.25, 0.3) is 0 Å². The summed E-state index contributed by atoms with van der Waals surface area (Å²) in [7, 11) is 0. The monoisotopic (exact) mass is 140 g/mol. The second-order valence-electron chi connectivity index (χ2n) is 1.49. The first-order valence-corrected chi connectivity index (χ1v) is 2.65. The van der Waals surface area contributed by atoms with Gasteiger partial charge in [-0.05, 0) is 12.2 Å². The Hall–Kier alpha value is -1.38. The normalized spacial score (nSPS) is 8.50. The first-order valence-electron chi connectivity index (χ1n) is 2.65. The molecule has 0 aliphatic heterocycles. The van der Waals surface area contributed by atoms with Crippen LogP contribution in [-0.4, -0.2) is 18.4 Å². The van der Waals surface area contributed by atoms with Crippen molar-refractivity contribution in [1.82, 2.24) is 0 Å². The lowest BCUT2D eigenvalue weighted by atomic mass is 10.3. The second-order valence-corrected chi connectivity index (χ2v) is 1.49. The molecule has 0 saturated carbocycles. The van der Waals surface area contributed by atoms with Crippen molar-refractivity contribution in [3.63, 3.8) is 0 Å². The standard InChI is InChI=1S/C7H8O3/c1-3-6(4-2)10-7(9)5-8/h3-6H,1-2H2. The van der Waals surface area contributed by atoms with E-state index in [0.717, 1.165) is 0 Å². The van der Waals surface area contributed by atoms with E-state index in [1.165, 1.54) is 12.2 Å². The number of carbonyl (C=O) groups excluding carboxylic acids is 2. The van der Waals surface area contributed by atoms with E-state index >= 15 is 0 Å². The van der Waals surface area contributed by atoms with E-state index in [2.05, 4.69) is 17.9 Å². The summed E-state index contributed by atoms with van der Waals surface area (Å²) in [5.74, 6) is -0.912. The van der Waals surface area contributed by atoms with Crippen LogP contribution in [0.5, 0.6) is 0 Å². The number of rotatable bonds is 4. The minimum absolute atomic E-state index is 0.0972. The molecule has 0 aromatic carbocycles. The van der Waals surface area contributed by atoms with Crippen LogP contribution in [0.4, 0.5) is 0 Å². The zero-order chi connectivity index (χ0) is 7.98. The molecule has 0 heterocycles. The molecular formula is C7H8O3. The van der Waals surface area contributed by atoms with Gasteiger partial charge in [0.05, 0.1) is 0 Å². The van der Waals surface area contributed by atoms with Gasteiger partial charge in [-0.15, -0.1) is 0 Å². The van der Waals surface area contributed by atoms with Crippen LogP contribution in [0.25, 0.3) is 0 Å². The highest BCUT2D eigenvalue weighted by Gasteiger charge is 2.03. The van der Waals surface area contributed by atoms with Gasteiger partial charge in [0.1, 0.15) is 6.10 Å². The Labute approximate surface area is 59.0 Å². The van der Waals surface area contributed by atoms with Crippen LogP contribution in [-0.2, 0) is 14.3 Å². The van der Waals surface area contributed by atoms with Gasteiger partial charge in [0.2, 0.25) is 6.29 Å². The first-order chi connectivity index (χ1) is 4.74. The molecule has 0 saturated heterocycles. The minimum atomic E-state index is -0.912. The Morgan fingerprint density at radius 3 is 2.20 bits per heavy atom. The molecule has 0 N–H and O–H groups in total. The molecule has 54 valence electrons. The van der Waals surface area contributed by atoms with Crippen LogP contribution < -0.4 is 0 Å². The summed E-state index contributed by atoms with van der Waals surface area (Å²) in [5.41, 5.74) is 0. The van der Waals surface area contributed by atoms with Gasteiger partial charge in [0.15, 0.2) is 0 Å². The summed E-state index contributed by atoms with van der Waals surface area (Å²) in [6.07, 6.45) is 2.26. The summed E-state index contributed by atoms with van der Waals surface area (Å²) in [5, 5.41) is 0. The molecule has 0 rings (SSSR count). The Morgan fingerprint density at radius 1 is 1.40 bits per heavy atom. The van der Waals surface area contributed by atoms with Crippen LogP contribution in [0.15, 0.2) is 25.3 Å². The molecule has 0 bridgehead atoms. The molecule has 0 unspecified atom stereocenters. The second kappa shape index (κ2) is 4.49. The third kappa shape index (κ3) is 2.81. The predicted octanol–water partition coefficient (Wildman–Crippen LogP) is 0.469. The maximum absolute atomic E-state index is 10.3. The molecule has 0 spiro atoms. The van der Waals surface area contributed by atoms with Crippen LogP contribution in [0, 0.1) is 0 Å². The molecule has 0 atom stereocenters. The van der Waals surface area contributed by atoms with E-state index in [-0.39, 0.29) is 6.29 Å². The fourth-order valence-corrected chi connectivity index (χ4v) is 0.354. The number of hydrogen-bond donors (Lipinski definition) is 0. The van der Waals surface area contributed by atoms with Gasteiger partial charge in [-0.2, -0.15) is 0 Å². The molecule has 0 aliphatic rings. The van der Waals surface area contributed by atoms with Crippen molar-refractivity contribution in [2.24, 2.45) is 0 Å². The van der Waals surface area contributed by atoms with Crippen LogP contribution >= 0.6 is 0 Å². The molecule has 0 amide bonds. The fraction of sp³-hybridized carbons (Fsp3) is 0.143. The summed E-state index contributed by atoms with van der Waals surface area (Å²) in [6, 6.07) is 0. The van der Waals surface area contributed by atoms with E-state index in [9.17, 15) is 9.59 Å². The number of aldehydes is 1. The van der Waals surface area contributed by atoms with E-state index in [1.54, 1.807) is 0 Å². The molecule has 3 nitrogen and oxygen atoms in total. The molecule has 0 aromatic rings. The maximum Gasteiger partial charge on any atom is 0.372 e. The fourth-order valence-electron chi connectivity index (χ4n) is 0.354. The smallest absolute Gasteiger partial charge is 0.372 e. The van der Waals surface area contributed by atoms with E-state index < -0.39 is 12.1 Å². The lowest BCUT2D eigenvalue weighted by Crippen LogP contribution is -2.13. The third-order valence-corrected chi connectivity index (χ3v) is 0.813. The average Bonchev–Trinajstić information content (AvgIpc) is 1.99. The van der Waals surface area contributed by atoms with Gasteiger partial charge in [-0.1, -0.05) is 13.2 Å². The lowest BCUT2D eigenvalue weighted by molar-refractivity contribution is -0.149. The zero-order valence-corrected chi connectivity index (χ0v) is 5.45. The maximum atomic E-state index is 10.3. The van der Waals surface area contributed by atoms with Crippen molar-refractivity contribution in [2.75, 3.05) is 0 Å². The molecule has 0 aliphatic carbocycles. The van der Waals surface area contributed by atoms with Gasteiger partial charge >= 0.3 is 5.97 Å². The van der Waals surface area contributed by atoms with Crippen LogP contribution in [0.2, 0.25) is 0 Å². The molecule has 0 fully saturated rings. The van der Waals surface area contributed by atoms with E-state index in [1.807, 2.05) is 0 Å². The van der Waals surface area contributed by atoms with Crippen molar-refractivity contribution in [1.29, 1.82) is 0 Å². The topological polar surface area (TPSA) is 43.4 Å². The third-order valence-electron chi connectivity index (χ3n) is 0.813. The van der Waals surface area contributed by atoms with Gasteiger partial charge in [-0.3, -0.25) is 4.79 Å². The van der Waals surface area contributed by atoms with Crippen molar-refractivity contribution in [2.45, 2.75) is 6.10 Å². The highest BCUT2D eigenvalue weighted by Crippen LogP contribution is 1.92. The number of ether oxygens (including phenoxy) is 1. The lowest BCUT2D eigenvalue weighted by Gasteiger charge is -2.04. The summed E-state index contributed by atoms with van der Waals surface area (Å²) < 4.78 is 4.45. The average molecular weight is 140 g/mol. The zero-order valence-electron chi connectivity index (χ0n) is 5.45. The quantitative estimate of drug-likeness (QED) is 0.247. The summed E-state index contributed by atoms with van der Waals surface area (Å²) >= 11 is 0. The molecule has 0 aromatic heterocycles. The summed E-state index contributed by atoms with van der Waals surface area (Å²) in [4.78, 5) is 20.0. The van der Waals surface area contributed by atoms with E-state index in [0.29, 0.717) is 0 Å². The van der Waals surface area contributed by atoms with E-state index in [4.69, 9.17) is 0 Å². The van der Waals surface area contributed by atoms with Crippen LogP contribution in [0.1, 0.15) is 0 Å². The van der Waals surface area contributed by atoms with Crippen molar-refractivity contribution < 1.29 is 14.3 Å². The minimum Gasteiger partial charge on any atom is -0.448 e. The first kappa shape index (κ1) is 8.62. The molecule has 3 heteroatoms. The van der Waals surface area contributed by atoms with Gasteiger partial charge in [-0.25, -0.2) is 4.79 Å². The Bertz CT molecular complexity index is 152. The van der Waals surface area contributed by atoms with Gasteiger partial charge < -0.3 is 4.74 Å². The van der Waals surface area contributed by atoms with Crippen molar-refractivity contribution in [3.8, 4) is 0 Å². The molecule has 10 heavy (non-hydrogen) atoms. The summed E-state index contributed by atoms with van der Waals surface area (Å²) in [6.45, 7) is 6.71. The Morgan fingerprint density at radius 2 is 1.90 bits per heavy atom. The predicted molar refractivity (Wildman–Crippen MR) is 36.3 cm³/mol. The van der Waals surface area contributed by atoms with Gasteiger partial charge in [0, 0.05) is 0 Å². The van der Waals surface area contributed by atoms with Crippen molar-refractivity contribution >= 4 is 12.3 Å². The highest BCUT2D eigenvalue weighted by molar-refractivity contribution is 6.20. The SMILES string of the molecule is C=CC(C=C)OC(=O)C=O. The highest BCUT2D eigenvalue weighted by atomic mass is 16.5. The van der Waals surface area contributed by atoms with Crippen molar-refractivity contribution in [3.05, 3.63) is 25.3 Å². The number of hydrogen-bond acceptors (Lipinski definition) is 3. The van der Waals surface area contributed by atoms with Crippen LogP contribution in [0.3, 0.4) is 0 Å².